The molecular formula is C4H8O3. The standard InChI is InChI=1S/C4H8O3/c5-3-1-2-7-4(3)6/h3-6H,1-2H2/t3-,4?/m1/s1. The van der Waals surface area contributed by atoms with Gasteiger partial charge in [0.05, 0.1) is 6.61 Å². The number of hydrogen-bond acceptors (Lipinski definition) is 3. The van der Waals surface area contributed by atoms with E-state index in [0.29, 0.717) is 13.0 Å². The van der Waals surface area contributed by atoms with Crippen molar-refractivity contribution in [3.05, 3.63) is 0 Å². The minimum Gasteiger partial charge on any atom is -0.388 e. The highest BCUT2D eigenvalue weighted by molar-refractivity contribution is 4.63. The van der Waals surface area contributed by atoms with Crippen LogP contribution in [0.1, 0.15) is 6.42 Å². The molecule has 0 saturated carbocycles. The molecule has 0 amide bonds. The molecule has 0 radical (unpaired) electrons. The molecule has 1 fully saturated rings. The summed E-state index contributed by atoms with van der Waals surface area (Å²) in [7, 11) is 0. The monoisotopic (exact) mass is 104 g/mol. The third-order valence-electron chi connectivity index (χ3n) is 1.03. The highest BCUT2D eigenvalue weighted by Gasteiger charge is 2.22. The molecule has 3 nitrogen and oxygen atoms in total. The minimum absolute atomic E-state index is 0.475. The summed E-state index contributed by atoms with van der Waals surface area (Å²) >= 11 is 0. The smallest absolute Gasteiger partial charge is 0.180 e. The van der Waals surface area contributed by atoms with Gasteiger partial charge in [0.15, 0.2) is 6.29 Å². The lowest BCUT2D eigenvalue weighted by atomic mass is 10.3. The van der Waals surface area contributed by atoms with E-state index in [-0.39, 0.29) is 0 Å². The third kappa shape index (κ3) is 0.907. The van der Waals surface area contributed by atoms with Crippen LogP contribution in [0.25, 0.3) is 0 Å². The average molecular weight is 104 g/mol. The Balaban J connectivity index is 2.33. The van der Waals surface area contributed by atoms with Crippen LogP contribution in [0.15, 0.2) is 0 Å². The van der Waals surface area contributed by atoms with Gasteiger partial charge < -0.3 is 14.9 Å². The summed E-state index contributed by atoms with van der Waals surface area (Å²) < 4.78 is 4.57. The molecule has 1 aliphatic heterocycles. The minimum atomic E-state index is -0.931. The van der Waals surface area contributed by atoms with Crippen LogP contribution >= 0.6 is 0 Å². The van der Waals surface area contributed by atoms with E-state index in [1.807, 2.05) is 0 Å². The highest BCUT2D eigenvalue weighted by atomic mass is 16.6. The van der Waals surface area contributed by atoms with Gasteiger partial charge in [-0.15, -0.1) is 0 Å². The molecule has 3 heteroatoms. The van der Waals surface area contributed by atoms with Gasteiger partial charge in [-0.05, 0) is 0 Å². The van der Waals surface area contributed by atoms with E-state index < -0.39 is 12.4 Å². The van der Waals surface area contributed by atoms with Gasteiger partial charge >= 0.3 is 0 Å². The molecule has 1 rings (SSSR count). The van der Waals surface area contributed by atoms with Gasteiger partial charge in [-0.25, -0.2) is 0 Å². The number of aliphatic hydroxyl groups excluding tert-OH is 2. The van der Waals surface area contributed by atoms with E-state index in [2.05, 4.69) is 4.74 Å². The zero-order valence-corrected chi connectivity index (χ0v) is 3.87. The van der Waals surface area contributed by atoms with Crippen LogP contribution in [0, 0.1) is 0 Å². The van der Waals surface area contributed by atoms with Crippen LogP contribution < -0.4 is 0 Å². The third-order valence-corrected chi connectivity index (χ3v) is 1.03. The van der Waals surface area contributed by atoms with Crippen molar-refractivity contribution in [1.82, 2.24) is 0 Å². The summed E-state index contributed by atoms with van der Waals surface area (Å²) in [5.74, 6) is 0. The van der Waals surface area contributed by atoms with Crippen LogP contribution in [-0.2, 0) is 4.74 Å². The van der Waals surface area contributed by atoms with Gasteiger partial charge in [0.25, 0.3) is 0 Å². The summed E-state index contributed by atoms with van der Waals surface area (Å²) in [6.07, 6.45) is -1.03. The lowest BCUT2D eigenvalue weighted by molar-refractivity contribution is -0.107. The highest BCUT2D eigenvalue weighted by Crippen LogP contribution is 2.08. The molecule has 1 aliphatic rings. The molecule has 0 aromatic carbocycles. The summed E-state index contributed by atoms with van der Waals surface area (Å²) in [6.45, 7) is 0.475. The maximum absolute atomic E-state index is 8.62. The molecule has 0 aromatic heterocycles. The first-order valence-electron chi connectivity index (χ1n) is 2.28. The predicted molar refractivity (Wildman–Crippen MR) is 22.6 cm³/mol. The second-order valence-corrected chi connectivity index (χ2v) is 1.62. The van der Waals surface area contributed by atoms with Gasteiger partial charge in [-0.2, -0.15) is 0 Å². The fourth-order valence-electron chi connectivity index (χ4n) is 0.563. The molecule has 2 N–H and O–H groups in total. The molecule has 1 unspecified atom stereocenters. The second kappa shape index (κ2) is 1.78. The fourth-order valence-corrected chi connectivity index (χ4v) is 0.563. The Morgan fingerprint density at radius 2 is 2.14 bits per heavy atom. The molecule has 0 aliphatic carbocycles. The van der Waals surface area contributed by atoms with Crippen LogP contribution in [0.2, 0.25) is 0 Å². The first-order valence-corrected chi connectivity index (χ1v) is 2.28. The molecule has 1 heterocycles. The molecule has 7 heavy (non-hydrogen) atoms. The number of rotatable bonds is 0. The van der Waals surface area contributed by atoms with Crippen LogP contribution in [-0.4, -0.2) is 29.2 Å². The van der Waals surface area contributed by atoms with E-state index in [0.717, 1.165) is 0 Å². The van der Waals surface area contributed by atoms with Crippen molar-refractivity contribution in [2.45, 2.75) is 18.8 Å². The molecule has 0 spiro atoms. The van der Waals surface area contributed by atoms with E-state index in [4.69, 9.17) is 10.2 Å². The SMILES string of the molecule is OC1OCC[C@H]1O. The number of ether oxygens (including phenoxy) is 1. The summed E-state index contributed by atoms with van der Waals surface area (Å²) in [6, 6.07) is 0. The summed E-state index contributed by atoms with van der Waals surface area (Å²) in [4.78, 5) is 0. The van der Waals surface area contributed by atoms with E-state index >= 15 is 0 Å². The molecule has 1 saturated heterocycles. The van der Waals surface area contributed by atoms with Crippen LogP contribution in [0.5, 0.6) is 0 Å². The van der Waals surface area contributed by atoms with Crippen LogP contribution in [0.4, 0.5) is 0 Å². The summed E-state index contributed by atoms with van der Waals surface area (Å²) in [5, 5.41) is 17.1. The van der Waals surface area contributed by atoms with Crippen molar-refractivity contribution in [2.75, 3.05) is 6.61 Å². The Morgan fingerprint density at radius 3 is 2.29 bits per heavy atom. The Bertz CT molecular complexity index is 56.0. The lowest BCUT2D eigenvalue weighted by Gasteiger charge is -2.02. The zero-order chi connectivity index (χ0) is 5.28. The zero-order valence-electron chi connectivity index (χ0n) is 3.87. The Labute approximate surface area is 41.5 Å². The van der Waals surface area contributed by atoms with Crippen molar-refractivity contribution in [3.8, 4) is 0 Å². The fraction of sp³-hybridized carbons (Fsp3) is 1.00. The molecule has 42 valence electrons. The molecular weight excluding hydrogens is 96.0 g/mol. The van der Waals surface area contributed by atoms with Gasteiger partial charge in [-0.1, -0.05) is 0 Å². The average Bonchev–Trinajstić information content (AvgIpc) is 1.91. The van der Waals surface area contributed by atoms with Gasteiger partial charge in [0, 0.05) is 6.42 Å². The predicted octanol–water partition coefficient (Wildman–Crippen LogP) is -0.914. The second-order valence-electron chi connectivity index (χ2n) is 1.62. The van der Waals surface area contributed by atoms with Gasteiger partial charge in [0.2, 0.25) is 0 Å². The molecule has 0 bridgehead atoms. The van der Waals surface area contributed by atoms with Crippen molar-refractivity contribution in [3.63, 3.8) is 0 Å². The normalized spacial score (nSPS) is 42.0. The van der Waals surface area contributed by atoms with Gasteiger partial charge in [-0.3, -0.25) is 0 Å². The Morgan fingerprint density at radius 1 is 1.43 bits per heavy atom. The van der Waals surface area contributed by atoms with Crippen molar-refractivity contribution in [2.24, 2.45) is 0 Å². The van der Waals surface area contributed by atoms with E-state index in [1.54, 1.807) is 0 Å². The van der Waals surface area contributed by atoms with E-state index in [9.17, 15) is 0 Å². The Hall–Kier alpha value is -0.120. The van der Waals surface area contributed by atoms with Crippen LogP contribution in [0.3, 0.4) is 0 Å². The first-order chi connectivity index (χ1) is 3.30. The first kappa shape index (κ1) is 5.03. The molecule has 0 aromatic rings. The van der Waals surface area contributed by atoms with E-state index in [1.165, 1.54) is 0 Å². The maximum atomic E-state index is 8.62. The largest absolute Gasteiger partial charge is 0.388 e. The Kier molecular flexibility index (Phi) is 1.27. The topological polar surface area (TPSA) is 49.7 Å². The molecule has 2 atom stereocenters. The van der Waals surface area contributed by atoms with Gasteiger partial charge in [0.1, 0.15) is 6.10 Å². The summed E-state index contributed by atoms with van der Waals surface area (Å²) in [5.41, 5.74) is 0. The van der Waals surface area contributed by atoms with Crippen molar-refractivity contribution >= 4 is 0 Å². The number of aliphatic hydroxyl groups is 2. The maximum Gasteiger partial charge on any atom is 0.180 e. The lowest BCUT2D eigenvalue weighted by Crippen LogP contribution is -2.18. The van der Waals surface area contributed by atoms with Crippen molar-refractivity contribution in [1.29, 1.82) is 0 Å². The number of hydrogen-bond donors (Lipinski definition) is 2. The quantitative estimate of drug-likeness (QED) is 0.418. The van der Waals surface area contributed by atoms with Crippen molar-refractivity contribution < 1.29 is 14.9 Å².